The third-order valence-corrected chi connectivity index (χ3v) is 3.85. The molecule has 0 aromatic carbocycles. The van der Waals surface area contributed by atoms with Crippen molar-refractivity contribution in [3.05, 3.63) is 24.5 Å². The molecule has 78 valence electrons. The number of hydrogen-bond donors (Lipinski definition) is 0. The lowest BCUT2D eigenvalue weighted by atomic mass is 9.97. The van der Waals surface area contributed by atoms with Crippen LogP contribution in [0.4, 0.5) is 0 Å². The zero-order chi connectivity index (χ0) is 10.7. The van der Waals surface area contributed by atoms with Crippen LogP contribution in [-0.2, 0) is 4.74 Å². The molecule has 4 heteroatoms. The van der Waals surface area contributed by atoms with Crippen molar-refractivity contribution < 1.29 is 4.74 Å². The zero-order valence-electron chi connectivity index (χ0n) is 8.84. The molecule has 1 saturated heterocycles. The average Bonchev–Trinajstić information content (AvgIpc) is 2.70. The lowest BCUT2D eigenvalue weighted by Gasteiger charge is -2.07. The predicted octanol–water partition coefficient (Wildman–Crippen LogP) is 0.647. The van der Waals surface area contributed by atoms with E-state index in [1.807, 2.05) is 24.5 Å². The van der Waals surface area contributed by atoms with Crippen LogP contribution in [0, 0.1) is 11.8 Å². The van der Waals surface area contributed by atoms with E-state index >= 15 is 0 Å². The fraction of sp³-hybridized carbons (Fsp3) is 0.417. The van der Waals surface area contributed by atoms with Gasteiger partial charge in [0.1, 0.15) is 13.5 Å². The van der Waals surface area contributed by atoms with E-state index in [-0.39, 0.29) is 0 Å². The summed E-state index contributed by atoms with van der Waals surface area (Å²) in [5, 5.41) is 1.06. The molecule has 0 N–H and O–H groups in total. The SMILES string of the molecule is [B]c1cn(C2[C@H]3COC[C@@H]23)c2ncccc12. The third-order valence-electron chi connectivity index (χ3n) is 3.85. The fourth-order valence-electron chi connectivity index (χ4n) is 2.96. The third kappa shape index (κ3) is 1.00. The summed E-state index contributed by atoms with van der Waals surface area (Å²) in [6.07, 6.45) is 3.85. The number of fused-ring (bicyclic) bond motifs is 2. The van der Waals surface area contributed by atoms with Crippen molar-refractivity contribution in [2.45, 2.75) is 6.04 Å². The van der Waals surface area contributed by atoms with Crippen LogP contribution in [0.2, 0.25) is 0 Å². The Bertz CT molecular complexity index is 555. The van der Waals surface area contributed by atoms with Crippen molar-refractivity contribution in [3.63, 3.8) is 0 Å². The van der Waals surface area contributed by atoms with Gasteiger partial charge in [-0.15, -0.1) is 0 Å². The molecule has 2 radical (unpaired) electrons. The highest BCUT2D eigenvalue weighted by Crippen LogP contribution is 2.54. The summed E-state index contributed by atoms with van der Waals surface area (Å²) in [7, 11) is 6.00. The number of hydrogen-bond acceptors (Lipinski definition) is 2. The summed E-state index contributed by atoms with van der Waals surface area (Å²) >= 11 is 0. The molecular weight excluding hydrogens is 199 g/mol. The van der Waals surface area contributed by atoms with Crippen LogP contribution in [0.15, 0.2) is 24.5 Å². The van der Waals surface area contributed by atoms with E-state index in [2.05, 4.69) is 9.55 Å². The molecule has 3 heterocycles. The fourth-order valence-corrected chi connectivity index (χ4v) is 2.96. The number of ether oxygens (including phenoxy) is 1. The Morgan fingerprint density at radius 1 is 1.38 bits per heavy atom. The first-order chi connectivity index (χ1) is 7.86. The molecule has 2 fully saturated rings. The smallest absolute Gasteiger partial charge is 0.139 e. The van der Waals surface area contributed by atoms with E-state index in [1.165, 1.54) is 0 Å². The van der Waals surface area contributed by atoms with Gasteiger partial charge in [0, 0.05) is 29.5 Å². The molecule has 0 spiro atoms. The summed E-state index contributed by atoms with van der Waals surface area (Å²) in [5.74, 6) is 1.36. The highest BCUT2D eigenvalue weighted by molar-refractivity contribution is 6.38. The van der Waals surface area contributed by atoms with E-state index in [4.69, 9.17) is 12.6 Å². The predicted molar refractivity (Wildman–Crippen MR) is 62.0 cm³/mol. The van der Waals surface area contributed by atoms with E-state index in [9.17, 15) is 0 Å². The van der Waals surface area contributed by atoms with Crippen molar-refractivity contribution in [1.29, 1.82) is 0 Å². The van der Waals surface area contributed by atoms with Crippen molar-refractivity contribution in [1.82, 2.24) is 9.55 Å². The van der Waals surface area contributed by atoms with E-state index in [0.29, 0.717) is 17.9 Å². The van der Waals surface area contributed by atoms with Crippen molar-refractivity contribution in [2.24, 2.45) is 11.8 Å². The van der Waals surface area contributed by atoms with Crippen LogP contribution in [0.25, 0.3) is 11.0 Å². The first-order valence-electron chi connectivity index (χ1n) is 5.65. The standard InChI is InChI=1S/C12H11BN2O/c13-10-4-15(11-8-5-16-6-9(8)11)12-7(10)2-1-3-14-12/h1-4,8-9,11H,5-6H2/t8-,9+,11?. The molecule has 1 aliphatic carbocycles. The van der Waals surface area contributed by atoms with Gasteiger partial charge in [-0.3, -0.25) is 0 Å². The molecule has 2 aliphatic rings. The maximum absolute atomic E-state index is 6.00. The lowest BCUT2D eigenvalue weighted by Crippen LogP contribution is -2.05. The summed E-state index contributed by atoms with van der Waals surface area (Å²) in [4.78, 5) is 4.43. The minimum Gasteiger partial charge on any atom is -0.381 e. The van der Waals surface area contributed by atoms with Crippen LogP contribution in [0.1, 0.15) is 6.04 Å². The minimum atomic E-state index is 0.559. The Hall–Kier alpha value is -1.29. The normalized spacial score (nSPS) is 31.9. The molecule has 2 aromatic rings. The molecule has 0 amide bonds. The zero-order valence-corrected chi connectivity index (χ0v) is 8.84. The first-order valence-corrected chi connectivity index (χ1v) is 5.65. The number of aromatic nitrogens is 2. The monoisotopic (exact) mass is 210 g/mol. The molecule has 1 unspecified atom stereocenters. The lowest BCUT2D eigenvalue weighted by molar-refractivity contribution is 0.153. The van der Waals surface area contributed by atoms with E-state index < -0.39 is 0 Å². The molecule has 16 heavy (non-hydrogen) atoms. The van der Waals surface area contributed by atoms with Gasteiger partial charge >= 0.3 is 0 Å². The van der Waals surface area contributed by atoms with Gasteiger partial charge in [-0.05, 0) is 12.3 Å². The van der Waals surface area contributed by atoms with Gasteiger partial charge in [-0.2, -0.15) is 0 Å². The summed E-state index contributed by atoms with van der Waals surface area (Å²) < 4.78 is 7.65. The quantitative estimate of drug-likeness (QED) is 0.646. The van der Waals surface area contributed by atoms with Gasteiger partial charge in [0.25, 0.3) is 0 Å². The first kappa shape index (κ1) is 8.82. The van der Waals surface area contributed by atoms with Gasteiger partial charge in [-0.25, -0.2) is 4.98 Å². The Labute approximate surface area is 94.8 Å². The molecule has 3 atom stereocenters. The molecule has 0 bridgehead atoms. The Balaban J connectivity index is 1.86. The van der Waals surface area contributed by atoms with Crippen LogP contribution in [0.5, 0.6) is 0 Å². The van der Waals surface area contributed by atoms with Crippen molar-refractivity contribution >= 4 is 24.3 Å². The van der Waals surface area contributed by atoms with E-state index in [1.54, 1.807) is 0 Å². The van der Waals surface area contributed by atoms with Gasteiger partial charge in [0.2, 0.25) is 0 Å². The molecule has 1 saturated carbocycles. The second-order valence-corrected chi connectivity index (χ2v) is 4.72. The van der Waals surface area contributed by atoms with Crippen molar-refractivity contribution in [2.75, 3.05) is 13.2 Å². The average molecular weight is 210 g/mol. The largest absolute Gasteiger partial charge is 0.381 e. The summed E-state index contributed by atoms with van der Waals surface area (Å²) in [6.45, 7) is 1.78. The topological polar surface area (TPSA) is 27.1 Å². The number of nitrogens with zero attached hydrogens (tertiary/aromatic N) is 2. The van der Waals surface area contributed by atoms with Gasteiger partial charge in [-0.1, -0.05) is 11.5 Å². The maximum Gasteiger partial charge on any atom is 0.139 e. The van der Waals surface area contributed by atoms with E-state index in [0.717, 1.165) is 29.7 Å². The summed E-state index contributed by atoms with van der Waals surface area (Å²) in [5.41, 5.74) is 1.84. The van der Waals surface area contributed by atoms with Crippen LogP contribution in [0.3, 0.4) is 0 Å². The molecule has 2 aromatic heterocycles. The highest BCUT2D eigenvalue weighted by atomic mass is 16.5. The number of pyridine rings is 1. The van der Waals surface area contributed by atoms with Gasteiger partial charge < -0.3 is 9.30 Å². The maximum atomic E-state index is 6.00. The Kier molecular flexibility index (Phi) is 1.59. The van der Waals surface area contributed by atoms with Gasteiger partial charge in [0.15, 0.2) is 0 Å². The van der Waals surface area contributed by atoms with Gasteiger partial charge in [0.05, 0.1) is 13.2 Å². The molecule has 4 rings (SSSR count). The second kappa shape index (κ2) is 2.89. The van der Waals surface area contributed by atoms with Crippen LogP contribution >= 0.6 is 0 Å². The van der Waals surface area contributed by atoms with Crippen LogP contribution in [-0.4, -0.2) is 30.6 Å². The number of rotatable bonds is 1. The Morgan fingerprint density at radius 2 is 2.19 bits per heavy atom. The highest BCUT2D eigenvalue weighted by Gasteiger charge is 2.55. The minimum absolute atomic E-state index is 0.559. The molecule has 1 aliphatic heterocycles. The summed E-state index contributed by atoms with van der Waals surface area (Å²) in [6, 6.07) is 4.52. The van der Waals surface area contributed by atoms with Crippen LogP contribution < -0.4 is 5.46 Å². The second-order valence-electron chi connectivity index (χ2n) is 4.72. The molecule has 3 nitrogen and oxygen atoms in total. The van der Waals surface area contributed by atoms with Crippen molar-refractivity contribution in [3.8, 4) is 0 Å². The molecular formula is C12H11BN2O. The Morgan fingerprint density at radius 3 is 3.00 bits per heavy atom.